The molecule has 0 radical (unpaired) electrons. The third kappa shape index (κ3) is 2.61. The lowest BCUT2D eigenvalue weighted by atomic mass is 9.75. The van der Waals surface area contributed by atoms with Crippen molar-refractivity contribution in [2.45, 2.75) is 18.9 Å². The molecule has 5 nitrogen and oxygen atoms in total. The summed E-state index contributed by atoms with van der Waals surface area (Å²) in [4.78, 5) is 43.4. The molecular formula is C27H22N2O3. The zero-order valence-electron chi connectivity index (χ0n) is 17.7. The van der Waals surface area contributed by atoms with Gasteiger partial charge in [0.15, 0.2) is 5.54 Å². The first-order valence-electron chi connectivity index (χ1n) is 10.6. The van der Waals surface area contributed by atoms with Crippen LogP contribution in [0, 0.1) is 0 Å². The normalized spacial score (nSPS) is 19.3. The van der Waals surface area contributed by atoms with Crippen molar-refractivity contribution < 1.29 is 14.4 Å². The van der Waals surface area contributed by atoms with Gasteiger partial charge in [0.2, 0.25) is 5.91 Å². The summed E-state index contributed by atoms with van der Waals surface area (Å²) in [6.07, 6.45) is 0.524. The maximum absolute atomic E-state index is 14.2. The Bertz CT molecular complexity index is 1280. The number of carbonyl (C=O) groups excluding carboxylic acids is 3. The second kappa shape index (κ2) is 7.31. The molecule has 0 saturated heterocycles. The highest BCUT2D eigenvalue weighted by Gasteiger charge is 2.61. The van der Waals surface area contributed by atoms with E-state index in [1.807, 2.05) is 54.6 Å². The fourth-order valence-corrected chi connectivity index (χ4v) is 4.97. The SMILES string of the molecule is C=C1c2ccccc2N(C(C)=O)C12C(=O)N(CCc1ccccc1)C(=O)c1ccccc12. The van der Waals surface area contributed by atoms with Crippen LogP contribution in [0.15, 0.2) is 85.4 Å². The molecule has 0 aliphatic carbocycles. The number of amides is 3. The summed E-state index contributed by atoms with van der Waals surface area (Å²) in [7, 11) is 0. The molecule has 0 saturated carbocycles. The number of carbonyl (C=O) groups is 3. The van der Waals surface area contributed by atoms with Gasteiger partial charge >= 0.3 is 0 Å². The van der Waals surface area contributed by atoms with Crippen molar-refractivity contribution in [3.8, 4) is 0 Å². The minimum Gasteiger partial charge on any atom is -0.288 e. The van der Waals surface area contributed by atoms with Gasteiger partial charge in [-0.15, -0.1) is 0 Å². The molecule has 3 aromatic rings. The predicted octanol–water partition coefficient (Wildman–Crippen LogP) is 4.19. The van der Waals surface area contributed by atoms with Crippen LogP contribution in [0.25, 0.3) is 5.57 Å². The van der Waals surface area contributed by atoms with E-state index in [0.29, 0.717) is 28.8 Å². The van der Waals surface area contributed by atoms with Crippen LogP contribution in [0.1, 0.15) is 34.0 Å². The fourth-order valence-electron chi connectivity index (χ4n) is 4.97. The lowest BCUT2D eigenvalue weighted by molar-refractivity contribution is -0.135. The molecule has 0 N–H and O–H groups in total. The van der Waals surface area contributed by atoms with E-state index in [0.717, 1.165) is 11.1 Å². The summed E-state index contributed by atoms with van der Waals surface area (Å²) in [6.45, 7) is 5.94. The highest BCUT2D eigenvalue weighted by atomic mass is 16.2. The number of para-hydroxylation sites is 1. The molecule has 3 aromatic carbocycles. The first kappa shape index (κ1) is 19.9. The average Bonchev–Trinajstić information content (AvgIpc) is 3.08. The number of benzene rings is 3. The van der Waals surface area contributed by atoms with Crippen LogP contribution in [0.4, 0.5) is 5.69 Å². The predicted molar refractivity (Wildman–Crippen MR) is 123 cm³/mol. The van der Waals surface area contributed by atoms with Gasteiger partial charge in [0.25, 0.3) is 11.8 Å². The van der Waals surface area contributed by atoms with Gasteiger partial charge in [0.05, 0.1) is 5.69 Å². The van der Waals surface area contributed by atoms with Gasteiger partial charge < -0.3 is 0 Å². The van der Waals surface area contributed by atoms with E-state index in [1.165, 1.54) is 16.7 Å². The Hall–Kier alpha value is -3.99. The summed E-state index contributed by atoms with van der Waals surface area (Å²) in [5.74, 6) is -1.07. The van der Waals surface area contributed by atoms with Gasteiger partial charge in [-0.3, -0.25) is 24.2 Å². The molecule has 0 fully saturated rings. The Kier molecular flexibility index (Phi) is 4.55. The summed E-state index contributed by atoms with van der Waals surface area (Å²) in [5.41, 5.74) is 2.35. The Morgan fingerprint density at radius 2 is 1.50 bits per heavy atom. The Morgan fingerprint density at radius 1 is 0.875 bits per heavy atom. The summed E-state index contributed by atoms with van der Waals surface area (Å²) < 4.78 is 0. The molecule has 2 aliphatic rings. The highest BCUT2D eigenvalue weighted by Crippen LogP contribution is 2.55. The standard InChI is InChI=1S/C27H22N2O3/c1-18-21-12-7-9-15-24(21)29(19(2)30)27(18)23-14-8-6-13-22(23)25(31)28(26(27)32)17-16-20-10-4-3-5-11-20/h3-15H,1,16-17H2,2H3. The number of anilines is 1. The van der Waals surface area contributed by atoms with Gasteiger partial charge in [0, 0.05) is 30.2 Å². The van der Waals surface area contributed by atoms with E-state index in [-0.39, 0.29) is 18.4 Å². The quantitative estimate of drug-likeness (QED) is 0.595. The van der Waals surface area contributed by atoms with Crippen LogP contribution in [-0.4, -0.2) is 29.2 Å². The molecule has 0 aromatic heterocycles. The molecule has 2 heterocycles. The van der Waals surface area contributed by atoms with Gasteiger partial charge in [-0.05, 0) is 29.7 Å². The molecule has 0 bridgehead atoms. The maximum atomic E-state index is 14.2. The number of hydrogen-bond donors (Lipinski definition) is 0. The lowest BCUT2D eigenvalue weighted by Gasteiger charge is -2.45. The van der Waals surface area contributed by atoms with Crippen LogP contribution >= 0.6 is 0 Å². The van der Waals surface area contributed by atoms with Crippen molar-refractivity contribution in [3.63, 3.8) is 0 Å². The van der Waals surface area contributed by atoms with E-state index >= 15 is 0 Å². The van der Waals surface area contributed by atoms with E-state index < -0.39 is 11.4 Å². The van der Waals surface area contributed by atoms with Crippen molar-refractivity contribution in [1.29, 1.82) is 0 Å². The Labute approximate surface area is 186 Å². The molecule has 1 atom stereocenters. The Morgan fingerprint density at radius 3 is 2.22 bits per heavy atom. The smallest absolute Gasteiger partial charge is 0.265 e. The highest BCUT2D eigenvalue weighted by molar-refractivity contribution is 6.24. The molecule has 158 valence electrons. The third-order valence-electron chi connectivity index (χ3n) is 6.37. The number of rotatable bonds is 3. The van der Waals surface area contributed by atoms with Crippen LogP contribution in [-0.2, 0) is 21.5 Å². The van der Waals surface area contributed by atoms with Gasteiger partial charge in [-0.1, -0.05) is 73.3 Å². The van der Waals surface area contributed by atoms with Crippen molar-refractivity contribution >= 4 is 29.0 Å². The van der Waals surface area contributed by atoms with E-state index in [2.05, 4.69) is 6.58 Å². The number of fused-ring (bicyclic) bond motifs is 3. The first-order chi connectivity index (χ1) is 15.5. The van der Waals surface area contributed by atoms with Crippen LogP contribution < -0.4 is 4.90 Å². The molecular weight excluding hydrogens is 400 g/mol. The van der Waals surface area contributed by atoms with Crippen molar-refractivity contribution in [1.82, 2.24) is 4.90 Å². The van der Waals surface area contributed by atoms with Crippen molar-refractivity contribution in [3.05, 3.63) is 108 Å². The maximum Gasteiger partial charge on any atom is 0.265 e. The van der Waals surface area contributed by atoms with Crippen molar-refractivity contribution in [2.75, 3.05) is 11.4 Å². The summed E-state index contributed by atoms with van der Waals surface area (Å²) in [5, 5.41) is 0. The Balaban J connectivity index is 1.70. The minimum atomic E-state index is -1.48. The first-order valence-corrected chi connectivity index (χ1v) is 10.6. The van der Waals surface area contributed by atoms with Crippen LogP contribution in [0.5, 0.6) is 0 Å². The zero-order chi connectivity index (χ0) is 22.5. The molecule has 32 heavy (non-hydrogen) atoms. The second-order valence-corrected chi connectivity index (χ2v) is 8.10. The second-order valence-electron chi connectivity index (χ2n) is 8.10. The number of nitrogens with zero attached hydrogens (tertiary/aromatic N) is 2. The molecule has 1 unspecified atom stereocenters. The van der Waals surface area contributed by atoms with Crippen LogP contribution in [0.3, 0.4) is 0 Å². The lowest BCUT2D eigenvalue weighted by Crippen LogP contribution is -2.62. The van der Waals surface area contributed by atoms with Gasteiger partial charge in [-0.2, -0.15) is 0 Å². The average molecular weight is 422 g/mol. The number of hydrogen-bond acceptors (Lipinski definition) is 3. The van der Waals surface area contributed by atoms with E-state index in [1.54, 1.807) is 24.3 Å². The molecule has 2 aliphatic heterocycles. The monoisotopic (exact) mass is 422 g/mol. The third-order valence-corrected chi connectivity index (χ3v) is 6.37. The van der Waals surface area contributed by atoms with Crippen LogP contribution in [0.2, 0.25) is 0 Å². The molecule has 3 amide bonds. The summed E-state index contributed by atoms with van der Waals surface area (Å²) in [6, 6.07) is 24.1. The minimum absolute atomic E-state index is 0.215. The largest absolute Gasteiger partial charge is 0.288 e. The van der Waals surface area contributed by atoms with Gasteiger partial charge in [-0.25, -0.2) is 0 Å². The fraction of sp³-hybridized carbons (Fsp3) is 0.148. The molecule has 5 rings (SSSR count). The van der Waals surface area contributed by atoms with Crippen molar-refractivity contribution in [2.24, 2.45) is 0 Å². The van der Waals surface area contributed by atoms with E-state index in [4.69, 9.17) is 0 Å². The van der Waals surface area contributed by atoms with Gasteiger partial charge in [0.1, 0.15) is 0 Å². The van der Waals surface area contributed by atoms with E-state index in [9.17, 15) is 14.4 Å². The summed E-state index contributed by atoms with van der Waals surface area (Å²) >= 11 is 0. The zero-order valence-corrected chi connectivity index (χ0v) is 17.7. The topological polar surface area (TPSA) is 57.7 Å². The molecule has 1 spiro atoms. The molecule has 5 heteroatoms. The number of imide groups is 1.